The molecule has 1 atom stereocenters. The molecule has 0 fully saturated rings. The van der Waals surface area contributed by atoms with Crippen molar-refractivity contribution < 1.29 is 22.1 Å². The van der Waals surface area contributed by atoms with Crippen molar-refractivity contribution >= 4 is 16.1 Å². The van der Waals surface area contributed by atoms with Gasteiger partial charge in [-0.25, -0.2) is 4.79 Å². The van der Waals surface area contributed by atoms with E-state index in [1.165, 1.54) is 0 Å². The van der Waals surface area contributed by atoms with Crippen LogP contribution in [0.2, 0.25) is 0 Å². The smallest absolute Gasteiger partial charge is 0.338 e. The minimum atomic E-state index is -3.76. The molecule has 0 amide bonds. The van der Waals surface area contributed by atoms with Gasteiger partial charge < -0.3 is 4.74 Å². The summed E-state index contributed by atoms with van der Waals surface area (Å²) >= 11 is 0. The van der Waals surface area contributed by atoms with Crippen LogP contribution >= 0.6 is 0 Å². The molecule has 0 saturated heterocycles. The quantitative estimate of drug-likeness (QED) is 0.507. The van der Waals surface area contributed by atoms with E-state index >= 15 is 0 Å². The number of benzene rings is 2. The highest BCUT2D eigenvalue weighted by Gasteiger charge is 2.25. The molecule has 6 heteroatoms. The van der Waals surface area contributed by atoms with Crippen LogP contribution in [0.1, 0.15) is 59.2 Å². The summed E-state index contributed by atoms with van der Waals surface area (Å²) in [5.41, 5.74) is 3.75. The van der Waals surface area contributed by atoms with Crippen molar-refractivity contribution in [2.45, 2.75) is 50.3 Å². The zero-order valence-corrected chi connectivity index (χ0v) is 17.1. The van der Waals surface area contributed by atoms with Gasteiger partial charge in [0.1, 0.15) is 0 Å². The molecule has 28 heavy (non-hydrogen) atoms. The summed E-state index contributed by atoms with van der Waals surface area (Å²) in [6.45, 7) is 4.16. The van der Waals surface area contributed by atoms with Crippen molar-refractivity contribution in [3.8, 4) is 0 Å². The van der Waals surface area contributed by atoms with Gasteiger partial charge >= 0.3 is 5.97 Å². The van der Waals surface area contributed by atoms with E-state index in [1.807, 2.05) is 19.1 Å². The van der Waals surface area contributed by atoms with E-state index in [-0.39, 0.29) is 23.4 Å². The minimum Gasteiger partial charge on any atom is -0.462 e. The summed E-state index contributed by atoms with van der Waals surface area (Å²) in [4.78, 5) is 12.4. The number of esters is 1. The number of rotatable bonds is 7. The fourth-order valence-electron chi connectivity index (χ4n) is 3.72. The van der Waals surface area contributed by atoms with Gasteiger partial charge in [-0.2, -0.15) is 8.42 Å². The molecule has 1 aliphatic carbocycles. The van der Waals surface area contributed by atoms with Gasteiger partial charge in [-0.1, -0.05) is 29.8 Å². The standard InChI is InChI=1S/C22H26O5S/c1-3-26-22(23)21-9-5-7-19-17(6-4-8-20(19)21)14-15-27-28(24,25)18-12-10-16(2)11-13-18/h5,7,9-13,17H,3-4,6,8,14-15H2,1-2H3. The third kappa shape index (κ3) is 4.62. The second-order valence-electron chi connectivity index (χ2n) is 7.06. The first kappa shape index (κ1) is 20.6. The molecule has 0 N–H and O–H groups in total. The molecule has 5 nitrogen and oxygen atoms in total. The Balaban J connectivity index is 1.69. The van der Waals surface area contributed by atoms with Crippen LogP contribution in [0.25, 0.3) is 0 Å². The molecule has 150 valence electrons. The van der Waals surface area contributed by atoms with Crippen molar-refractivity contribution in [1.82, 2.24) is 0 Å². The Kier molecular flexibility index (Phi) is 6.52. The zero-order chi connectivity index (χ0) is 20.1. The summed E-state index contributed by atoms with van der Waals surface area (Å²) in [6, 6.07) is 12.3. The molecule has 0 spiro atoms. The molecule has 0 heterocycles. The number of fused-ring (bicyclic) bond motifs is 1. The fraction of sp³-hybridized carbons (Fsp3) is 0.409. The third-order valence-corrected chi connectivity index (χ3v) is 6.47. The van der Waals surface area contributed by atoms with E-state index in [0.717, 1.165) is 36.0 Å². The van der Waals surface area contributed by atoms with Gasteiger partial charge in [0.25, 0.3) is 10.1 Å². The maximum Gasteiger partial charge on any atom is 0.338 e. The lowest BCUT2D eigenvalue weighted by molar-refractivity contribution is 0.0524. The van der Waals surface area contributed by atoms with Crippen molar-refractivity contribution in [3.05, 3.63) is 64.7 Å². The summed E-state index contributed by atoms with van der Waals surface area (Å²) in [6.07, 6.45) is 3.33. The predicted octanol–water partition coefficient (Wildman–Crippen LogP) is 4.39. The number of carbonyl (C=O) groups excluding carboxylic acids is 1. The highest BCUT2D eigenvalue weighted by molar-refractivity contribution is 7.86. The molecule has 2 aromatic carbocycles. The van der Waals surface area contributed by atoms with Crippen LogP contribution in [0.3, 0.4) is 0 Å². The maximum absolute atomic E-state index is 12.4. The van der Waals surface area contributed by atoms with Gasteiger partial charge in [-0.3, -0.25) is 4.18 Å². The number of hydrogen-bond acceptors (Lipinski definition) is 5. The molecule has 0 bridgehead atoms. The van der Waals surface area contributed by atoms with Crippen molar-refractivity contribution in [1.29, 1.82) is 0 Å². The van der Waals surface area contributed by atoms with Crippen molar-refractivity contribution in [3.63, 3.8) is 0 Å². The molecule has 0 radical (unpaired) electrons. The van der Waals surface area contributed by atoms with Gasteiger partial charge in [0, 0.05) is 0 Å². The van der Waals surface area contributed by atoms with Gasteiger partial charge in [0.05, 0.1) is 23.7 Å². The fourth-order valence-corrected chi connectivity index (χ4v) is 4.64. The lowest BCUT2D eigenvalue weighted by atomic mass is 9.79. The Labute approximate surface area is 166 Å². The molecule has 0 aromatic heterocycles. The molecule has 1 aliphatic rings. The Morgan fingerprint density at radius 1 is 1.14 bits per heavy atom. The lowest BCUT2D eigenvalue weighted by Gasteiger charge is -2.27. The first-order valence-electron chi connectivity index (χ1n) is 9.67. The van der Waals surface area contributed by atoms with Crippen LogP contribution < -0.4 is 0 Å². The van der Waals surface area contributed by atoms with Crippen LogP contribution in [-0.4, -0.2) is 27.6 Å². The van der Waals surface area contributed by atoms with Gasteiger partial charge in [0.15, 0.2) is 0 Å². The number of ether oxygens (including phenoxy) is 1. The van der Waals surface area contributed by atoms with Crippen molar-refractivity contribution in [2.24, 2.45) is 0 Å². The Morgan fingerprint density at radius 3 is 2.61 bits per heavy atom. The van der Waals surface area contributed by atoms with Crippen LogP contribution in [0.5, 0.6) is 0 Å². The van der Waals surface area contributed by atoms with Gasteiger partial charge in [0.2, 0.25) is 0 Å². The molecule has 1 unspecified atom stereocenters. The SMILES string of the molecule is CCOC(=O)c1cccc2c1CCCC2CCOS(=O)(=O)c1ccc(C)cc1. The average molecular weight is 403 g/mol. The van der Waals surface area contributed by atoms with E-state index in [0.29, 0.717) is 18.6 Å². The monoisotopic (exact) mass is 402 g/mol. The Bertz CT molecular complexity index is 932. The molecule has 0 aliphatic heterocycles. The van der Waals surface area contributed by atoms with Gasteiger partial charge in [-0.15, -0.1) is 0 Å². The second kappa shape index (κ2) is 8.88. The number of hydrogen-bond donors (Lipinski definition) is 0. The highest BCUT2D eigenvalue weighted by Crippen LogP contribution is 2.36. The van der Waals surface area contributed by atoms with E-state index < -0.39 is 10.1 Å². The normalized spacial score (nSPS) is 16.4. The van der Waals surface area contributed by atoms with Crippen LogP contribution in [0, 0.1) is 6.92 Å². The summed E-state index contributed by atoms with van der Waals surface area (Å²) in [7, 11) is -3.76. The second-order valence-corrected chi connectivity index (χ2v) is 8.68. The topological polar surface area (TPSA) is 69.7 Å². The lowest BCUT2D eigenvalue weighted by Crippen LogP contribution is -2.18. The average Bonchev–Trinajstić information content (AvgIpc) is 2.68. The summed E-state index contributed by atoms with van der Waals surface area (Å²) < 4.78 is 35.2. The molecule has 3 rings (SSSR count). The molecule has 2 aromatic rings. The first-order valence-corrected chi connectivity index (χ1v) is 11.1. The summed E-state index contributed by atoms with van der Waals surface area (Å²) in [5, 5.41) is 0. The molecule has 0 saturated carbocycles. The first-order chi connectivity index (χ1) is 13.4. The Hall–Kier alpha value is -2.18. The zero-order valence-electron chi connectivity index (χ0n) is 16.3. The van der Waals surface area contributed by atoms with Crippen molar-refractivity contribution in [2.75, 3.05) is 13.2 Å². The van der Waals surface area contributed by atoms with Crippen LogP contribution in [0.4, 0.5) is 0 Å². The number of aryl methyl sites for hydroxylation is 1. The van der Waals surface area contributed by atoms with Crippen LogP contribution in [0.15, 0.2) is 47.4 Å². The van der Waals surface area contributed by atoms with Crippen LogP contribution in [-0.2, 0) is 25.5 Å². The van der Waals surface area contributed by atoms with E-state index in [1.54, 1.807) is 37.3 Å². The largest absolute Gasteiger partial charge is 0.462 e. The maximum atomic E-state index is 12.4. The van der Waals surface area contributed by atoms with E-state index in [2.05, 4.69) is 0 Å². The minimum absolute atomic E-state index is 0.115. The Morgan fingerprint density at radius 2 is 1.89 bits per heavy atom. The molecular formula is C22H26O5S. The predicted molar refractivity (Wildman–Crippen MR) is 107 cm³/mol. The van der Waals surface area contributed by atoms with E-state index in [9.17, 15) is 13.2 Å². The van der Waals surface area contributed by atoms with Gasteiger partial charge in [-0.05, 0) is 74.8 Å². The third-order valence-electron chi connectivity index (χ3n) is 5.14. The number of carbonyl (C=O) groups is 1. The highest BCUT2D eigenvalue weighted by atomic mass is 32.2. The van der Waals surface area contributed by atoms with E-state index in [4.69, 9.17) is 8.92 Å². The summed E-state index contributed by atoms with van der Waals surface area (Å²) in [5.74, 6) is -0.121. The molecular weight excluding hydrogens is 376 g/mol.